The molecule has 1 aromatic carbocycles. The Morgan fingerprint density at radius 3 is 2.61 bits per heavy atom. The number of carbonyl (C=O) groups is 2. The summed E-state index contributed by atoms with van der Waals surface area (Å²) in [6.07, 6.45) is 1.37. The summed E-state index contributed by atoms with van der Waals surface area (Å²) in [6, 6.07) is 11.2. The molecule has 4 nitrogen and oxygen atoms in total. The third-order valence-corrected chi connectivity index (χ3v) is 5.38. The zero-order valence-corrected chi connectivity index (χ0v) is 13.9. The van der Waals surface area contributed by atoms with E-state index in [0.29, 0.717) is 29.4 Å². The van der Waals surface area contributed by atoms with Gasteiger partial charge in [-0.05, 0) is 42.7 Å². The molecule has 1 saturated heterocycles. The number of carboxylic acid groups (broad SMARTS) is 1. The second-order valence-corrected chi connectivity index (χ2v) is 7.12. The van der Waals surface area contributed by atoms with Crippen molar-refractivity contribution in [3.05, 3.63) is 46.3 Å². The van der Waals surface area contributed by atoms with E-state index in [2.05, 4.69) is 0 Å². The summed E-state index contributed by atoms with van der Waals surface area (Å²) in [5.41, 5.74) is 1.01. The molecule has 0 radical (unpaired) electrons. The van der Waals surface area contributed by atoms with E-state index in [-0.39, 0.29) is 5.91 Å². The standard InChI is InChI=1S/C17H16ClNO3S/c18-13-5-3-11(4-6-13)14-7-8-15(23-14)16(20)19-9-1-2-12(10-19)17(21)22/h3-8,12H,1-2,9-10H2,(H,21,22)/t12-/m0/s1. The molecule has 1 aliphatic heterocycles. The van der Waals surface area contributed by atoms with Gasteiger partial charge in [0.2, 0.25) is 0 Å². The predicted octanol–water partition coefficient (Wildman–Crippen LogP) is 4.01. The minimum atomic E-state index is -0.824. The summed E-state index contributed by atoms with van der Waals surface area (Å²) in [6.45, 7) is 0.916. The highest BCUT2D eigenvalue weighted by Crippen LogP contribution is 2.30. The third-order valence-electron chi connectivity index (χ3n) is 4.00. The van der Waals surface area contributed by atoms with Gasteiger partial charge in [0.15, 0.2) is 0 Å². The molecule has 0 aliphatic carbocycles. The molecule has 1 N–H and O–H groups in total. The van der Waals surface area contributed by atoms with Crippen molar-refractivity contribution in [1.82, 2.24) is 4.90 Å². The van der Waals surface area contributed by atoms with Crippen molar-refractivity contribution in [2.45, 2.75) is 12.8 Å². The summed E-state index contributed by atoms with van der Waals surface area (Å²) in [5, 5.41) is 9.81. The highest BCUT2D eigenvalue weighted by molar-refractivity contribution is 7.17. The molecule has 3 rings (SSSR count). The lowest BCUT2D eigenvalue weighted by Crippen LogP contribution is -2.42. The maximum Gasteiger partial charge on any atom is 0.308 e. The number of nitrogens with zero attached hydrogens (tertiary/aromatic N) is 1. The van der Waals surface area contributed by atoms with Gasteiger partial charge in [-0.15, -0.1) is 11.3 Å². The van der Waals surface area contributed by atoms with E-state index in [1.54, 1.807) is 11.0 Å². The van der Waals surface area contributed by atoms with Gasteiger partial charge in [-0.25, -0.2) is 0 Å². The van der Waals surface area contributed by atoms with Crippen LogP contribution in [0.2, 0.25) is 5.02 Å². The maximum atomic E-state index is 12.6. The number of carboxylic acids is 1. The van der Waals surface area contributed by atoms with Crippen LogP contribution in [0.4, 0.5) is 0 Å². The second kappa shape index (κ2) is 6.72. The first-order chi connectivity index (χ1) is 11.0. The summed E-state index contributed by atoms with van der Waals surface area (Å²) in [4.78, 5) is 27.0. The van der Waals surface area contributed by atoms with Gasteiger partial charge in [0.25, 0.3) is 5.91 Å². The van der Waals surface area contributed by atoms with Crippen molar-refractivity contribution in [3.63, 3.8) is 0 Å². The largest absolute Gasteiger partial charge is 0.481 e. The fourth-order valence-electron chi connectivity index (χ4n) is 2.74. The van der Waals surface area contributed by atoms with E-state index in [9.17, 15) is 9.59 Å². The molecule has 2 aromatic rings. The van der Waals surface area contributed by atoms with Gasteiger partial charge in [-0.1, -0.05) is 23.7 Å². The van der Waals surface area contributed by atoms with Gasteiger partial charge in [0.05, 0.1) is 10.8 Å². The molecule has 120 valence electrons. The van der Waals surface area contributed by atoms with E-state index in [1.807, 2.05) is 30.3 Å². The van der Waals surface area contributed by atoms with Gasteiger partial charge < -0.3 is 10.0 Å². The number of rotatable bonds is 3. The zero-order chi connectivity index (χ0) is 16.4. The third kappa shape index (κ3) is 3.57. The number of aliphatic carboxylic acids is 1. The van der Waals surface area contributed by atoms with Crippen LogP contribution >= 0.6 is 22.9 Å². The SMILES string of the molecule is O=C(O)[C@H]1CCCN(C(=O)c2ccc(-c3ccc(Cl)cc3)s2)C1. The Morgan fingerprint density at radius 2 is 1.91 bits per heavy atom. The molecule has 0 bridgehead atoms. The van der Waals surface area contributed by atoms with Crippen molar-refractivity contribution in [1.29, 1.82) is 0 Å². The number of halogens is 1. The van der Waals surface area contributed by atoms with Gasteiger partial charge in [0.1, 0.15) is 0 Å². The number of hydrogen-bond acceptors (Lipinski definition) is 3. The Kier molecular flexibility index (Phi) is 4.68. The highest BCUT2D eigenvalue weighted by Gasteiger charge is 2.29. The quantitative estimate of drug-likeness (QED) is 0.911. The molecular weight excluding hydrogens is 334 g/mol. The summed E-state index contributed by atoms with van der Waals surface area (Å²) in [7, 11) is 0. The normalized spacial score (nSPS) is 18.0. The molecule has 23 heavy (non-hydrogen) atoms. The van der Waals surface area contributed by atoms with E-state index < -0.39 is 11.9 Å². The second-order valence-electron chi connectivity index (χ2n) is 5.60. The van der Waals surface area contributed by atoms with Gasteiger partial charge >= 0.3 is 5.97 Å². The van der Waals surface area contributed by atoms with Crippen LogP contribution < -0.4 is 0 Å². The number of piperidine rings is 1. The first kappa shape index (κ1) is 16.0. The Balaban J connectivity index is 1.75. The number of hydrogen-bond donors (Lipinski definition) is 1. The zero-order valence-electron chi connectivity index (χ0n) is 12.4. The molecule has 1 amide bonds. The van der Waals surface area contributed by atoms with Gasteiger partial charge in [-0.3, -0.25) is 9.59 Å². The van der Waals surface area contributed by atoms with E-state index in [0.717, 1.165) is 16.9 Å². The van der Waals surface area contributed by atoms with Crippen LogP contribution in [0.15, 0.2) is 36.4 Å². The lowest BCUT2D eigenvalue weighted by molar-refractivity contribution is -0.143. The van der Waals surface area contributed by atoms with Crippen LogP contribution in [-0.2, 0) is 4.79 Å². The Hall–Kier alpha value is -1.85. The maximum absolute atomic E-state index is 12.6. The Labute approximate surface area is 143 Å². The predicted molar refractivity (Wildman–Crippen MR) is 91.0 cm³/mol. The van der Waals surface area contributed by atoms with Crippen molar-refractivity contribution in [3.8, 4) is 10.4 Å². The van der Waals surface area contributed by atoms with Crippen molar-refractivity contribution in [2.24, 2.45) is 5.92 Å². The minimum Gasteiger partial charge on any atom is -0.481 e. The van der Waals surface area contributed by atoms with E-state index in [1.165, 1.54) is 11.3 Å². The van der Waals surface area contributed by atoms with Crippen LogP contribution in [0, 0.1) is 5.92 Å². The van der Waals surface area contributed by atoms with Crippen LogP contribution in [0.25, 0.3) is 10.4 Å². The smallest absolute Gasteiger partial charge is 0.308 e. The number of benzene rings is 1. The molecule has 1 aromatic heterocycles. The molecule has 0 spiro atoms. The number of carbonyl (C=O) groups excluding carboxylic acids is 1. The van der Waals surface area contributed by atoms with Gasteiger partial charge in [-0.2, -0.15) is 0 Å². The molecule has 1 atom stereocenters. The summed E-state index contributed by atoms with van der Waals surface area (Å²) >= 11 is 7.31. The Bertz CT molecular complexity index is 726. The lowest BCUT2D eigenvalue weighted by atomic mass is 9.98. The van der Waals surface area contributed by atoms with Crippen molar-refractivity contribution < 1.29 is 14.7 Å². The summed E-state index contributed by atoms with van der Waals surface area (Å²) < 4.78 is 0. The van der Waals surface area contributed by atoms with Crippen molar-refractivity contribution >= 4 is 34.8 Å². The molecule has 0 saturated carbocycles. The average molecular weight is 350 g/mol. The number of likely N-dealkylation sites (tertiary alicyclic amines) is 1. The molecule has 1 fully saturated rings. The number of amides is 1. The highest BCUT2D eigenvalue weighted by atomic mass is 35.5. The van der Waals surface area contributed by atoms with E-state index in [4.69, 9.17) is 16.7 Å². The van der Waals surface area contributed by atoms with Crippen LogP contribution in [0.5, 0.6) is 0 Å². The monoisotopic (exact) mass is 349 g/mol. The fraction of sp³-hybridized carbons (Fsp3) is 0.294. The topological polar surface area (TPSA) is 57.6 Å². The fourth-order valence-corrected chi connectivity index (χ4v) is 3.85. The molecule has 0 unspecified atom stereocenters. The van der Waals surface area contributed by atoms with Crippen LogP contribution in [0.1, 0.15) is 22.5 Å². The first-order valence-electron chi connectivity index (χ1n) is 7.42. The molecule has 2 heterocycles. The van der Waals surface area contributed by atoms with Crippen LogP contribution in [0.3, 0.4) is 0 Å². The van der Waals surface area contributed by atoms with Crippen molar-refractivity contribution in [2.75, 3.05) is 13.1 Å². The molecule has 6 heteroatoms. The van der Waals surface area contributed by atoms with Crippen LogP contribution in [-0.4, -0.2) is 35.0 Å². The molecular formula is C17H16ClNO3S. The summed E-state index contributed by atoms with van der Waals surface area (Å²) in [5.74, 6) is -1.36. The average Bonchev–Trinajstić information content (AvgIpc) is 3.05. The van der Waals surface area contributed by atoms with Gasteiger partial charge in [0, 0.05) is 23.0 Å². The number of thiophene rings is 1. The van der Waals surface area contributed by atoms with E-state index >= 15 is 0 Å². The molecule has 1 aliphatic rings. The lowest BCUT2D eigenvalue weighted by Gasteiger charge is -2.30. The Morgan fingerprint density at radius 1 is 1.17 bits per heavy atom. The first-order valence-corrected chi connectivity index (χ1v) is 8.62. The minimum absolute atomic E-state index is 0.0823.